The van der Waals surface area contributed by atoms with Crippen molar-refractivity contribution in [1.82, 2.24) is 10.2 Å². The number of nitrogens with one attached hydrogen (secondary N) is 2. The highest BCUT2D eigenvalue weighted by Crippen LogP contribution is 2.15. The topological polar surface area (TPSA) is 44.4 Å². The third-order valence-electron chi connectivity index (χ3n) is 3.87. The van der Waals surface area contributed by atoms with Gasteiger partial charge in [-0.15, -0.1) is 0 Å². The number of rotatable bonds is 7. The molecule has 2 N–H and O–H groups in total. The van der Waals surface area contributed by atoms with Gasteiger partial charge in [-0.25, -0.2) is 4.79 Å². The molecular formula is C19H25N3O. The Morgan fingerprint density at radius 3 is 2.09 bits per heavy atom. The monoisotopic (exact) mass is 311 g/mol. The first-order valence-electron chi connectivity index (χ1n) is 8.12. The van der Waals surface area contributed by atoms with Crippen molar-refractivity contribution in [3.05, 3.63) is 66.2 Å². The molecule has 1 atom stereocenters. The number of benzene rings is 2. The number of carbonyl (C=O) groups excluding carboxylic acids is 1. The van der Waals surface area contributed by atoms with E-state index in [-0.39, 0.29) is 12.1 Å². The summed E-state index contributed by atoms with van der Waals surface area (Å²) in [5.41, 5.74) is 1.90. The molecule has 0 spiro atoms. The molecule has 2 rings (SSSR count). The largest absolute Gasteiger partial charge is 0.330 e. The lowest BCUT2D eigenvalue weighted by Crippen LogP contribution is -2.39. The van der Waals surface area contributed by atoms with Gasteiger partial charge in [-0.3, -0.25) is 0 Å². The number of hydrogen-bond donors (Lipinski definition) is 2. The molecule has 0 heterocycles. The summed E-state index contributed by atoms with van der Waals surface area (Å²) in [6.07, 6.45) is 0. The van der Waals surface area contributed by atoms with E-state index in [1.54, 1.807) is 0 Å². The predicted molar refractivity (Wildman–Crippen MR) is 95.6 cm³/mol. The Hall–Kier alpha value is -2.33. The average Bonchev–Trinajstić information content (AvgIpc) is 2.60. The van der Waals surface area contributed by atoms with Crippen LogP contribution in [0.25, 0.3) is 0 Å². The van der Waals surface area contributed by atoms with Crippen LogP contribution < -0.4 is 10.6 Å². The number of nitrogens with zero attached hydrogens (tertiary/aromatic N) is 1. The fourth-order valence-electron chi connectivity index (χ4n) is 2.51. The quantitative estimate of drug-likeness (QED) is 0.815. The van der Waals surface area contributed by atoms with Crippen molar-refractivity contribution in [2.24, 2.45) is 0 Å². The summed E-state index contributed by atoms with van der Waals surface area (Å²) in [5, 5.41) is 5.97. The van der Waals surface area contributed by atoms with Crippen LogP contribution in [-0.4, -0.2) is 30.6 Å². The van der Waals surface area contributed by atoms with Gasteiger partial charge < -0.3 is 15.5 Å². The molecular weight excluding hydrogens is 286 g/mol. The Labute approximate surface area is 138 Å². The van der Waals surface area contributed by atoms with Crippen molar-refractivity contribution < 1.29 is 4.79 Å². The van der Waals surface area contributed by atoms with Gasteiger partial charge in [0, 0.05) is 12.2 Å². The maximum atomic E-state index is 12.3. The maximum Gasteiger partial charge on any atom is 0.319 e. The Kier molecular flexibility index (Phi) is 6.63. The molecule has 4 heteroatoms. The number of likely N-dealkylation sites (N-methyl/N-ethyl adjacent to an activating group) is 1. The highest BCUT2D eigenvalue weighted by atomic mass is 16.2. The minimum absolute atomic E-state index is 0.0418. The van der Waals surface area contributed by atoms with Crippen LogP contribution in [0.15, 0.2) is 60.7 Å². The Bertz CT molecular complexity index is 582. The number of carbonyl (C=O) groups is 1. The summed E-state index contributed by atoms with van der Waals surface area (Å²) >= 11 is 0. The molecule has 0 bridgehead atoms. The van der Waals surface area contributed by atoms with E-state index in [1.807, 2.05) is 48.5 Å². The molecule has 0 radical (unpaired) electrons. The van der Waals surface area contributed by atoms with E-state index in [4.69, 9.17) is 0 Å². The molecule has 0 aliphatic carbocycles. The van der Waals surface area contributed by atoms with Gasteiger partial charge in [0.2, 0.25) is 0 Å². The average molecular weight is 311 g/mol. The van der Waals surface area contributed by atoms with Crippen LogP contribution in [0.4, 0.5) is 10.5 Å². The smallest absolute Gasteiger partial charge is 0.319 e. The number of urea groups is 1. The van der Waals surface area contributed by atoms with Gasteiger partial charge in [0.05, 0.1) is 6.04 Å². The fourth-order valence-corrected chi connectivity index (χ4v) is 2.51. The minimum atomic E-state index is -0.183. The predicted octanol–water partition coefficient (Wildman–Crippen LogP) is 3.89. The van der Waals surface area contributed by atoms with Crippen LogP contribution in [0.5, 0.6) is 0 Å². The highest BCUT2D eigenvalue weighted by Gasteiger charge is 2.17. The van der Waals surface area contributed by atoms with E-state index in [0.29, 0.717) is 0 Å². The summed E-state index contributed by atoms with van der Waals surface area (Å²) < 4.78 is 0. The normalized spacial score (nSPS) is 12.0. The van der Waals surface area contributed by atoms with Gasteiger partial charge in [-0.2, -0.15) is 0 Å². The van der Waals surface area contributed by atoms with Crippen molar-refractivity contribution in [3.63, 3.8) is 0 Å². The fraction of sp³-hybridized carbons (Fsp3) is 0.316. The van der Waals surface area contributed by atoms with Gasteiger partial charge in [-0.05, 0) is 30.8 Å². The van der Waals surface area contributed by atoms with Crippen LogP contribution >= 0.6 is 0 Å². The summed E-state index contributed by atoms with van der Waals surface area (Å²) in [6, 6.07) is 19.4. The molecule has 2 aromatic carbocycles. The molecule has 0 unspecified atom stereocenters. The van der Waals surface area contributed by atoms with E-state index >= 15 is 0 Å². The van der Waals surface area contributed by atoms with E-state index in [1.165, 1.54) is 0 Å². The SMILES string of the molecule is CCN(CC)C[C@H](NC(=O)Nc1ccccc1)c1ccccc1. The lowest BCUT2D eigenvalue weighted by molar-refractivity contribution is 0.235. The second-order valence-electron chi connectivity index (χ2n) is 5.41. The molecule has 0 saturated carbocycles. The highest BCUT2D eigenvalue weighted by molar-refractivity contribution is 5.89. The third-order valence-corrected chi connectivity index (χ3v) is 3.87. The number of anilines is 1. The molecule has 0 fully saturated rings. The first-order valence-corrected chi connectivity index (χ1v) is 8.12. The van der Waals surface area contributed by atoms with Gasteiger partial charge in [0.25, 0.3) is 0 Å². The van der Waals surface area contributed by atoms with Crippen molar-refractivity contribution >= 4 is 11.7 Å². The Balaban J connectivity index is 2.06. The molecule has 4 nitrogen and oxygen atoms in total. The Morgan fingerprint density at radius 1 is 0.957 bits per heavy atom. The number of amides is 2. The molecule has 0 saturated heterocycles. The standard InChI is InChI=1S/C19H25N3O/c1-3-22(4-2)15-18(16-11-7-5-8-12-16)21-19(23)20-17-13-9-6-10-14-17/h5-14,18H,3-4,15H2,1-2H3,(H2,20,21,23)/t18-/m0/s1. The maximum absolute atomic E-state index is 12.3. The first-order chi connectivity index (χ1) is 11.2. The van der Waals surface area contributed by atoms with E-state index in [9.17, 15) is 4.79 Å². The van der Waals surface area contributed by atoms with Crippen molar-refractivity contribution in [2.75, 3.05) is 25.0 Å². The number of hydrogen-bond acceptors (Lipinski definition) is 2. The van der Waals surface area contributed by atoms with Crippen LogP contribution in [0.1, 0.15) is 25.5 Å². The molecule has 0 aliphatic heterocycles. The van der Waals surface area contributed by atoms with Gasteiger partial charge in [0.1, 0.15) is 0 Å². The number of para-hydroxylation sites is 1. The van der Waals surface area contributed by atoms with E-state index in [2.05, 4.69) is 41.5 Å². The second kappa shape index (κ2) is 8.96. The molecule has 0 aliphatic rings. The zero-order valence-corrected chi connectivity index (χ0v) is 13.8. The van der Waals surface area contributed by atoms with E-state index in [0.717, 1.165) is 30.9 Å². The second-order valence-corrected chi connectivity index (χ2v) is 5.41. The van der Waals surface area contributed by atoms with Crippen molar-refractivity contribution in [1.29, 1.82) is 0 Å². The van der Waals surface area contributed by atoms with Gasteiger partial charge in [0.15, 0.2) is 0 Å². The van der Waals surface area contributed by atoms with Crippen molar-refractivity contribution in [3.8, 4) is 0 Å². The molecule has 23 heavy (non-hydrogen) atoms. The minimum Gasteiger partial charge on any atom is -0.330 e. The van der Waals surface area contributed by atoms with Crippen LogP contribution in [0, 0.1) is 0 Å². The molecule has 2 aromatic rings. The van der Waals surface area contributed by atoms with Gasteiger partial charge in [-0.1, -0.05) is 62.4 Å². The third kappa shape index (κ3) is 5.42. The zero-order chi connectivity index (χ0) is 16.5. The van der Waals surface area contributed by atoms with Crippen LogP contribution in [0.3, 0.4) is 0 Å². The lowest BCUT2D eigenvalue weighted by Gasteiger charge is -2.26. The molecule has 122 valence electrons. The van der Waals surface area contributed by atoms with E-state index < -0.39 is 0 Å². The van der Waals surface area contributed by atoms with Crippen LogP contribution in [-0.2, 0) is 0 Å². The summed E-state index contributed by atoms with van der Waals surface area (Å²) in [7, 11) is 0. The van der Waals surface area contributed by atoms with Gasteiger partial charge >= 0.3 is 6.03 Å². The summed E-state index contributed by atoms with van der Waals surface area (Å²) in [4.78, 5) is 14.6. The first kappa shape index (κ1) is 17.0. The molecule has 2 amide bonds. The van der Waals surface area contributed by atoms with Crippen LogP contribution in [0.2, 0.25) is 0 Å². The lowest BCUT2D eigenvalue weighted by atomic mass is 10.1. The zero-order valence-electron chi connectivity index (χ0n) is 13.8. The summed E-state index contributed by atoms with van der Waals surface area (Å²) in [6.45, 7) is 6.98. The summed E-state index contributed by atoms with van der Waals surface area (Å²) in [5.74, 6) is 0. The molecule has 0 aromatic heterocycles. The Morgan fingerprint density at radius 2 is 1.52 bits per heavy atom. The van der Waals surface area contributed by atoms with Crippen molar-refractivity contribution in [2.45, 2.75) is 19.9 Å².